The molecule has 0 aliphatic rings. The van der Waals surface area contributed by atoms with Gasteiger partial charge >= 0.3 is 5.69 Å². The van der Waals surface area contributed by atoms with Gasteiger partial charge in [0.15, 0.2) is 0 Å². The molecular formula is C16H17N5O4. The first-order valence-electron chi connectivity index (χ1n) is 7.71. The number of H-pyrrole nitrogens is 2. The maximum Gasteiger partial charge on any atom is 0.328 e. The highest BCUT2D eigenvalue weighted by molar-refractivity contribution is 5.58. The minimum Gasteiger partial charge on any atom is -0.334 e. The number of aromatic amines is 2. The van der Waals surface area contributed by atoms with E-state index in [1.165, 1.54) is 23.9 Å². The van der Waals surface area contributed by atoms with Gasteiger partial charge in [-0.2, -0.15) is 4.98 Å². The van der Waals surface area contributed by atoms with Crippen LogP contribution in [0.2, 0.25) is 0 Å². The van der Waals surface area contributed by atoms with Crippen LogP contribution in [0.4, 0.5) is 0 Å². The lowest BCUT2D eigenvalue weighted by Crippen LogP contribution is -2.28. The molecule has 0 saturated heterocycles. The lowest BCUT2D eigenvalue weighted by atomic mass is 10.1. The van der Waals surface area contributed by atoms with Gasteiger partial charge in [-0.1, -0.05) is 19.0 Å². The number of nitrogens with one attached hydrogen (secondary N) is 2. The zero-order valence-corrected chi connectivity index (χ0v) is 14.0. The molecule has 0 spiro atoms. The molecule has 0 atom stereocenters. The van der Waals surface area contributed by atoms with Gasteiger partial charge < -0.3 is 14.1 Å². The summed E-state index contributed by atoms with van der Waals surface area (Å²) in [6.07, 6.45) is 2.03. The van der Waals surface area contributed by atoms with E-state index in [0.717, 1.165) is 5.69 Å². The molecule has 0 aromatic carbocycles. The van der Waals surface area contributed by atoms with Crippen LogP contribution in [0.3, 0.4) is 0 Å². The van der Waals surface area contributed by atoms with E-state index in [-0.39, 0.29) is 22.8 Å². The average Bonchev–Trinajstić information content (AvgIpc) is 2.99. The van der Waals surface area contributed by atoms with E-state index in [2.05, 4.69) is 20.1 Å². The molecule has 0 bridgehead atoms. The Kier molecular flexibility index (Phi) is 4.22. The quantitative estimate of drug-likeness (QED) is 0.717. The van der Waals surface area contributed by atoms with Gasteiger partial charge in [-0.05, 0) is 18.4 Å². The van der Waals surface area contributed by atoms with Gasteiger partial charge in [0, 0.05) is 30.6 Å². The van der Waals surface area contributed by atoms with Crippen molar-refractivity contribution in [2.24, 2.45) is 13.0 Å². The second kappa shape index (κ2) is 6.34. The number of aryl methyl sites for hydroxylation is 1. The Morgan fingerprint density at radius 2 is 1.96 bits per heavy atom. The van der Waals surface area contributed by atoms with Gasteiger partial charge in [-0.15, -0.1) is 0 Å². The zero-order valence-electron chi connectivity index (χ0n) is 14.0. The van der Waals surface area contributed by atoms with E-state index in [0.29, 0.717) is 17.9 Å². The Balaban J connectivity index is 2.04. The molecule has 3 aromatic rings. The summed E-state index contributed by atoms with van der Waals surface area (Å²) in [6, 6.07) is 3.12. The number of hydrogen-bond acceptors (Lipinski definition) is 6. The largest absolute Gasteiger partial charge is 0.334 e. The first-order chi connectivity index (χ1) is 11.8. The summed E-state index contributed by atoms with van der Waals surface area (Å²) in [5.74, 6) is 0.533. The van der Waals surface area contributed by atoms with Crippen molar-refractivity contribution in [2.75, 3.05) is 0 Å². The van der Waals surface area contributed by atoms with E-state index in [4.69, 9.17) is 4.52 Å². The highest BCUT2D eigenvalue weighted by Crippen LogP contribution is 2.20. The van der Waals surface area contributed by atoms with E-state index in [1.807, 2.05) is 13.8 Å². The molecule has 3 aromatic heterocycles. The van der Waals surface area contributed by atoms with Crippen LogP contribution in [0.25, 0.3) is 22.8 Å². The monoisotopic (exact) mass is 343 g/mol. The summed E-state index contributed by atoms with van der Waals surface area (Å²) in [7, 11) is 1.50. The van der Waals surface area contributed by atoms with Gasteiger partial charge in [0.25, 0.3) is 11.4 Å². The third-order valence-electron chi connectivity index (χ3n) is 3.55. The Bertz CT molecular complexity index is 1090. The first-order valence-corrected chi connectivity index (χ1v) is 7.71. The fourth-order valence-corrected chi connectivity index (χ4v) is 2.45. The van der Waals surface area contributed by atoms with Gasteiger partial charge in [0.05, 0.1) is 0 Å². The SMILES string of the molecule is CC(C)Cc1cc(-c2nc(-c3cn(C)c(=O)[nH]c3=O)no2)cc(=O)[nH]1. The minimum atomic E-state index is -0.609. The predicted molar refractivity (Wildman–Crippen MR) is 90.2 cm³/mol. The van der Waals surface area contributed by atoms with Crippen LogP contribution >= 0.6 is 0 Å². The molecule has 0 aliphatic heterocycles. The normalized spacial score (nSPS) is 11.2. The molecule has 3 rings (SSSR count). The van der Waals surface area contributed by atoms with Crippen molar-refractivity contribution in [2.45, 2.75) is 20.3 Å². The molecule has 0 fully saturated rings. The topological polar surface area (TPSA) is 127 Å². The Morgan fingerprint density at radius 1 is 1.20 bits per heavy atom. The highest BCUT2D eigenvalue weighted by Gasteiger charge is 2.16. The van der Waals surface area contributed by atoms with Crippen molar-refractivity contribution in [1.29, 1.82) is 0 Å². The van der Waals surface area contributed by atoms with Crippen molar-refractivity contribution in [1.82, 2.24) is 24.7 Å². The fraction of sp³-hybridized carbons (Fsp3) is 0.312. The van der Waals surface area contributed by atoms with Crippen LogP contribution in [-0.2, 0) is 13.5 Å². The minimum absolute atomic E-state index is 0.0394. The average molecular weight is 343 g/mol. The standard InChI is InChI=1S/C16H17N5O4/c1-8(2)4-10-5-9(6-12(22)17-10)15-18-13(20-25-15)11-7-21(3)16(24)19-14(11)23/h5-8H,4H2,1-3H3,(H,17,22)(H,19,23,24). The fourth-order valence-electron chi connectivity index (χ4n) is 2.45. The third kappa shape index (κ3) is 3.49. The van der Waals surface area contributed by atoms with E-state index in [1.54, 1.807) is 6.07 Å². The van der Waals surface area contributed by atoms with Crippen molar-refractivity contribution < 1.29 is 4.52 Å². The molecule has 0 unspecified atom stereocenters. The summed E-state index contributed by atoms with van der Waals surface area (Å²) in [6.45, 7) is 4.09. The summed E-state index contributed by atoms with van der Waals surface area (Å²) < 4.78 is 6.40. The number of aromatic nitrogens is 5. The van der Waals surface area contributed by atoms with Gasteiger partial charge in [0.2, 0.25) is 11.4 Å². The third-order valence-corrected chi connectivity index (χ3v) is 3.55. The second-order valence-corrected chi connectivity index (χ2v) is 6.19. The Hall–Kier alpha value is -3.23. The maximum atomic E-state index is 11.9. The molecule has 2 N–H and O–H groups in total. The van der Waals surface area contributed by atoms with E-state index >= 15 is 0 Å². The second-order valence-electron chi connectivity index (χ2n) is 6.19. The van der Waals surface area contributed by atoms with Crippen molar-refractivity contribution >= 4 is 0 Å². The summed E-state index contributed by atoms with van der Waals surface area (Å²) in [4.78, 5) is 44.3. The molecule has 0 amide bonds. The summed E-state index contributed by atoms with van der Waals surface area (Å²) in [5, 5.41) is 3.78. The maximum absolute atomic E-state index is 11.9. The van der Waals surface area contributed by atoms with Gasteiger partial charge in [-0.3, -0.25) is 14.6 Å². The highest BCUT2D eigenvalue weighted by atomic mass is 16.5. The molecule has 0 saturated carbocycles. The van der Waals surface area contributed by atoms with Crippen LogP contribution in [0.5, 0.6) is 0 Å². The first kappa shape index (κ1) is 16.6. The van der Waals surface area contributed by atoms with E-state index in [9.17, 15) is 14.4 Å². The lowest BCUT2D eigenvalue weighted by molar-refractivity contribution is 0.432. The van der Waals surface area contributed by atoms with Crippen LogP contribution in [-0.4, -0.2) is 24.7 Å². The molecule has 130 valence electrons. The van der Waals surface area contributed by atoms with Crippen molar-refractivity contribution in [3.63, 3.8) is 0 Å². The lowest BCUT2D eigenvalue weighted by Gasteiger charge is -2.05. The molecule has 0 aliphatic carbocycles. The van der Waals surface area contributed by atoms with Gasteiger partial charge in [0.1, 0.15) is 5.56 Å². The van der Waals surface area contributed by atoms with Crippen LogP contribution in [0, 0.1) is 5.92 Å². The molecule has 0 radical (unpaired) electrons. The van der Waals surface area contributed by atoms with Crippen molar-refractivity contribution in [3.8, 4) is 22.8 Å². The molecule has 9 nitrogen and oxygen atoms in total. The number of nitrogens with zero attached hydrogens (tertiary/aromatic N) is 3. The molecule has 3 heterocycles. The van der Waals surface area contributed by atoms with E-state index < -0.39 is 11.2 Å². The smallest absolute Gasteiger partial charge is 0.328 e. The van der Waals surface area contributed by atoms with Crippen LogP contribution in [0.1, 0.15) is 19.5 Å². The van der Waals surface area contributed by atoms with Crippen molar-refractivity contribution in [3.05, 3.63) is 55.2 Å². The predicted octanol–water partition coefficient (Wildman–Crippen LogP) is 0.677. The number of pyridine rings is 1. The Morgan fingerprint density at radius 3 is 2.68 bits per heavy atom. The Labute approximate surface area is 141 Å². The van der Waals surface area contributed by atoms with Crippen LogP contribution < -0.4 is 16.8 Å². The zero-order chi connectivity index (χ0) is 18.1. The molecule has 25 heavy (non-hydrogen) atoms. The molecular weight excluding hydrogens is 326 g/mol. The van der Waals surface area contributed by atoms with Gasteiger partial charge in [-0.25, -0.2) is 4.79 Å². The molecule has 9 heteroatoms. The summed E-state index contributed by atoms with van der Waals surface area (Å²) >= 11 is 0. The summed E-state index contributed by atoms with van der Waals surface area (Å²) in [5.41, 5.74) is -0.0824. The van der Waals surface area contributed by atoms with Crippen LogP contribution in [0.15, 0.2) is 37.2 Å². The number of rotatable bonds is 4. The number of hydrogen-bond donors (Lipinski definition) is 2.